The third-order valence-electron chi connectivity index (χ3n) is 2.96. The van der Waals surface area contributed by atoms with Gasteiger partial charge in [-0.1, -0.05) is 23.7 Å². The molecule has 0 atom stereocenters. The van der Waals surface area contributed by atoms with Gasteiger partial charge in [0.2, 0.25) is 5.91 Å². The highest BCUT2D eigenvalue weighted by Gasteiger charge is 2.14. The molecule has 108 valence electrons. The van der Waals surface area contributed by atoms with Crippen LogP contribution in [-0.2, 0) is 11.2 Å². The van der Waals surface area contributed by atoms with E-state index in [9.17, 15) is 4.79 Å². The summed E-state index contributed by atoms with van der Waals surface area (Å²) in [5, 5.41) is 9.79. The van der Waals surface area contributed by atoms with E-state index < -0.39 is 0 Å². The number of nitrogens with one attached hydrogen (secondary N) is 2. The highest BCUT2D eigenvalue weighted by molar-refractivity contribution is 6.34. The van der Waals surface area contributed by atoms with Crippen molar-refractivity contribution in [3.05, 3.63) is 47.0 Å². The van der Waals surface area contributed by atoms with Gasteiger partial charge in [-0.3, -0.25) is 15.5 Å². The number of aryl methyl sites for hydroxylation is 1. The van der Waals surface area contributed by atoms with Gasteiger partial charge in [-0.15, -0.1) is 0 Å². The molecule has 0 aliphatic rings. The summed E-state index contributed by atoms with van der Waals surface area (Å²) >= 11 is 6.41. The van der Waals surface area contributed by atoms with Crippen LogP contribution in [-0.4, -0.2) is 21.8 Å². The smallest absolute Gasteiger partial charge is 0.231 e. The number of benzene rings is 1. The van der Waals surface area contributed by atoms with Crippen LogP contribution in [0.1, 0.15) is 11.1 Å². The summed E-state index contributed by atoms with van der Waals surface area (Å²) in [6.07, 6.45) is 4.80. The molecule has 0 radical (unpaired) electrons. The van der Waals surface area contributed by atoms with Crippen LogP contribution in [0.4, 0.5) is 0 Å². The molecule has 0 bridgehead atoms. The van der Waals surface area contributed by atoms with Gasteiger partial charge in [0, 0.05) is 23.5 Å². The molecule has 0 saturated carbocycles. The quantitative estimate of drug-likeness (QED) is 0.592. The second-order valence-corrected chi connectivity index (χ2v) is 4.87. The number of rotatable bonds is 3. The Bertz CT molecular complexity index is 687. The monoisotopic (exact) mass is 303 g/mol. The normalized spacial score (nSPS) is 10.2. The average molecular weight is 304 g/mol. The Kier molecular flexibility index (Phi) is 4.49. The van der Waals surface area contributed by atoms with E-state index in [0.717, 1.165) is 16.7 Å². The molecule has 1 amide bonds. The molecule has 21 heavy (non-hydrogen) atoms. The zero-order valence-electron chi connectivity index (χ0n) is 11.4. The highest BCUT2D eigenvalue weighted by atomic mass is 35.5. The fraction of sp³-hybridized carbons (Fsp3) is 0.143. The van der Waals surface area contributed by atoms with Gasteiger partial charge in [-0.2, -0.15) is 0 Å². The van der Waals surface area contributed by atoms with Crippen molar-refractivity contribution in [3.8, 4) is 11.1 Å². The highest BCUT2D eigenvalue weighted by Crippen LogP contribution is 2.32. The van der Waals surface area contributed by atoms with Crippen LogP contribution >= 0.6 is 11.6 Å². The van der Waals surface area contributed by atoms with E-state index in [4.69, 9.17) is 22.7 Å². The lowest BCUT2D eigenvalue weighted by molar-refractivity contribution is -0.119. The van der Waals surface area contributed by atoms with E-state index in [2.05, 4.69) is 15.3 Å². The lowest BCUT2D eigenvalue weighted by Gasteiger charge is -2.12. The molecule has 1 aromatic heterocycles. The summed E-state index contributed by atoms with van der Waals surface area (Å²) < 4.78 is 0. The Balaban J connectivity index is 2.38. The second kappa shape index (κ2) is 6.32. The first-order chi connectivity index (χ1) is 9.99. The first-order valence-corrected chi connectivity index (χ1v) is 6.54. The molecule has 7 heteroatoms. The minimum Gasteiger partial charge on any atom is -0.370 e. The zero-order valence-corrected chi connectivity index (χ0v) is 12.1. The molecule has 0 unspecified atom stereocenters. The number of carbonyl (C=O) groups is 1. The minimum absolute atomic E-state index is 0.0474. The van der Waals surface area contributed by atoms with E-state index in [0.29, 0.717) is 10.6 Å². The van der Waals surface area contributed by atoms with Crippen molar-refractivity contribution in [2.45, 2.75) is 13.3 Å². The number of aromatic nitrogens is 2. The van der Waals surface area contributed by atoms with Crippen LogP contribution in [0.5, 0.6) is 0 Å². The first-order valence-electron chi connectivity index (χ1n) is 6.16. The zero-order chi connectivity index (χ0) is 15.4. The number of nitrogens with two attached hydrogens (primary N) is 1. The Morgan fingerprint density at radius 3 is 2.67 bits per heavy atom. The van der Waals surface area contributed by atoms with Crippen molar-refractivity contribution in [2.75, 3.05) is 0 Å². The molecule has 4 N–H and O–H groups in total. The molecule has 1 heterocycles. The van der Waals surface area contributed by atoms with Crippen molar-refractivity contribution in [1.29, 1.82) is 5.41 Å². The van der Waals surface area contributed by atoms with Crippen molar-refractivity contribution in [1.82, 2.24) is 15.3 Å². The molecule has 2 aromatic rings. The van der Waals surface area contributed by atoms with Crippen LogP contribution in [0.15, 0.2) is 30.9 Å². The van der Waals surface area contributed by atoms with Gasteiger partial charge in [-0.05, 0) is 18.1 Å². The summed E-state index contributed by atoms with van der Waals surface area (Å²) in [6, 6.07) is 3.74. The molecule has 6 nitrogen and oxygen atoms in total. The molecule has 0 fully saturated rings. The van der Waals surface area contributed by atoms with Gasteiger partial charge < -0.3 is 5.73 Å². The number of halogens is 1. The van der Waals surface area contributed by atoms with Crippen LogP contribution in [0.3, 0.4) is 0 Å². The van der Waals surface area contributed by atoms with Crippen LogP contribution in [0, 0.1) is 12.3 Å². The van der Waals surface area contributed by atoms with Crippen LogP contribution in [0.2, 0.25) is 5.02 Å². The summed E-state index contributed by atoms with van der Waals surface area (Å²) in [5.74, 6) is -0.768. The fourth-order valence-electron chi connectivity index (χ4n) is 1.95. The van der Waals surface area contributed by atoms with Crippen molar-refractivity contribution in [2.24, 2.45) is 5.73 Å². The van der Waals surface area contributed by atoms with Crippen LogP contribution in [0.25, 0.3) is 11.1 Å². The van der Waals surface area contributed by atoms with E-state index in [-0.39, 0.29) is 18.3 Å². The van der Waals surface area contributed by atoms with Gasteiger partial charge in [0.25, 0.3) is 0 Å². The lowest BCUT2D eigenvalue weighted by atomic mass is 9.99. The number of carbonyl (C=O) groups excluding carboxylic acids is 1. The molecule has 0 aliphatic heterocycles. The molecule has 1 aromatic carbocycles. The molecular formula is C14H14ClN5O. The fourth-order valence-corrected chi connectivity index (χ4v) is 2.34. The van der Waals surface area contributed by atoms with Gasteiger partial charge in [0.05, 0.1) is 11.4 Å². The van der Waals surface area contributed by atoms with Crippen LogP contribution < -0.4 is 11.1 Å². The standard InChI is InChI=1S/C14H14ClN5O/c1-8-2-3-10(9-5-18-7-19-6-9)13(15)11(8)4-12(21)20-14(16)17/h2-3,5-7H,4H2,1H3,(H4,16,17,20,21). The van der Waals surface area contributed by atoms with Gasteiger partial charge >= 0.3 is 0 Å². The first kappa shape index (κ1) is 14.9. The molecule has 0 spiro atoms. The molecule has 2 rings (SSSR count). The SMILES string of the molecule is Cc1ccc(-c2cncnc2)c(Cl)c1CC(=O)NC(=N)N. The number of hydrogen-bond acceptors (Lipinski definition) is 4. The Hall–Kier alpha value is -2.47. The summed E-state index contributed by atoms with van der Waals surface area (Å²) in [4.78, 5) is 19.7. The van der Waals surface area contributed by atoms with E-state index in [1.807, 2.05) is 19.1 Å². The predicted molar refractivity (Wildman–Crippen MR) is 81.0 cm³/mol. The topological polar surface area (TPSA) is 105 Å². The molecular weight excluding hydrogens is 290 g/mol. The molecule has 0 saturated heterocycles. The lowest BCUT2D eigenvalue weighted by Crippen LogP contribution is -2.36. The maximum atomic E-state index is 11.8. The maximum absolute atomic E-state index is 11.8. The van der Waals surface area contributed by atoms with E-state index in [1.54, 1.807) is 12.4 Å². The predicted octanol–water partition coefficient (Wildman–Crippen LogP) is 1.66. The van der Waals surface area contributed by atoms with Gasteiger partial charge in [0.15, 0.2) is 5.96 Å². The summed E-state index contributed by atoms with van der Waals surface area (Å²) in [7, 11) is 0. The Morgan fingerprint density at radius 2 is 2.05 bits per heavy atom. The average Bonchev–Trinajstić information content (AvgIpc) is 2.43. The number of nitrogens with zero attached hydrogens (tertiary/aromatic N) is 2. The second-order valence-electron chi connectivity index (χ2n) is 4.49. The minimum atomic E-state index is -0.388. The molecule has 0 aliphatic carbocycles. The number of guanidine groups is 1. The summed E-state index contributed by atoms with van der Waals surface area (Å²) in [6.45, 7) is 1.87. The largest absolute Gasteiger partial charge is 0.370 e. The Morgan fingerprint density at radius 1 is 1.38 bits per heavy atom. The number of hydrogen-bond donors (Lipinski definition) is 3. The van der Waals surface area contributed by atoms with Crippen molar-refractivity contribution < 1.29 is 4.79 Å². The third-order valence-corrected chi connectivity index (χ3v) is 3.39. The van der Waals surface area contributed by atoms with Gasteiger partial charge in [-0.25, -0.2) is 9.97 Å². The Labute approximate surface area is 126 Å². The van der Waals surface area contributed by atoms with E-state index >= 15 is 0 Å². The number of amides is 1. The third kappa shape index (κ3) is 3.55. The van der Waals surface area contributed by atoms with Crippen molar-refractivity contribution >= 4 is 23.5 Å². The van der Waals surface area contributed by atoms with E-state index in [1.165, 1.54) is 6.33 Å². The van der Waals surface area contributed by atoms with Gasteiger partial charge in [0.1, 0.15) is 6.33 Å². The van der Waals surface area contributed by atoms with Crippen molar-refractivity contribution in [3.63, 3.8) is 0 Å². The maximum Gasteiger partial charge on any atom is 0.231 e. The summed E-state index contributed by atoms with van der Waals surface area (Å²) in [5.41, 5.74) is 8.26.